The molecule has 4 fully saturated rings. The molecule has 0 aromatic carbocycles. The predicted octanol–water partition coefficient (Wildman–Crippen LogP) is 2.35. The Balaban J connectivity index is 1.26. The third-order valence-corrected chi connectivity index (χ3v) is 8.85. The van der Waals surface area contributed by atoms with E-state index in [0.717, 1.165) is 36.3 Å². The number of hydrogen-bond acceptors (Lipinski definition) is 6. The SMILES string of the molecule is CC1CCC2(CC1)NC(=O)N(CC(=O)OCC(=O)N/N=C1\CC3CCC1(C)C3(C)C)C2=O. The third kappa shape index (κ3) is 3.59. The van der Waals surface area contributed by atoms with Crippen LogP contribution in [0, 0.1) is 22.7 Å². The topological polar surface area (TPSA) is 117 Å². The number of nitrogens with zero attached hydrogens (tertiary/aromatic N) is 2. The van der Waals surface area contributed by atoms with Crippen molar-refractivity contribution in [2.45, 2.75) is 78.2 Å². The van der Waals surface area contributed by atoms with Crippen molar-refractivity contribution in [3.8, 4) is 0 Å². The molecule has 176 valence electrons. The maximum Gasteiger partial charge on any atom is 0.326 e. The van der Waals surface area contributed by atoms with Gasteiger partial charge in [-0.05, 0) is 62.2 Å². The Morgan fingerprint density at radius 1 is 1.16 bits per heavy atom. The quantitative estimate of drug-likeness (QED) is 0.382. The van der Waals surface area contributed by atoms with Crippen molar-refractivity contribution >= 4 is 29.5 Å². The van der Waals surface area contributed by atoms with Gasteiger partial charge in [-0.2, -0.15) is 5.10 Å². The number of carbonyl (C=O) groups excluding carboxylic acids is 4. The highest BCUT2D eigenvalue weighted by Crippen LogP contribution is 2.63. The fourth-order valence-corrected chi connectivity index (χ4v) is 5.99. The minimum absolute atomic E-state index is 0.0298. The van der Waals surface area contributed by atoms with Gasteiger partial charge in [-0.25, -0.2) is 10.2 Å². The molecule has 1 spiro atoms. The molecule has 9 heteroatoms. The molecule has 0 aromatic rings. The van der Waals surface area contributed by atoms with E-state index in [1.165, 1.54) is 6.42 Å². The number of rotatable bonds is 5. The summed E-state index contributed by atoms with van der Waals surface area (Å²) in [6.45, 7) is 7.82. The number of amides is 4. The van der Waals surface area contributed by atoms with Gasteiger partial charge in [-0.15, -0.1) is 0 Å². The van der Waals surface area contributed by atoms with Crippen LogP contribution in [0.15, 0.2) is 5.10 Å². The van der Waals surface area contributed by atoms with Gasteiger partial charge in [0, 0.05) is 11.1 Å². The average molecular weight is 447 g/mol. The Bertz CT molecular complexity index is 874. The second-order valence-electron chi connectivity index (χ2n) is 10.8. The number of urea groups is 1. The highest BCUT2D eigenvalue weighted by Gasteiger charge is 2.60. The van der Waals surface area contributed by atoms with E-state index >= 15 is 0 Å². The van der Waals surface area contributed by atoms with Crippen LogP contribution in [-0.2, 0) is 19.1 Å². The number of carbonyl (C=O) groups is 4. The molecule has 4 rings (SSSR count). The van der Waals surface area contributed by atoms with Gasteiger partial charge in [0.25, 0.3) is 11.8 Å². The normalized spacial score (nSPS) is 31.9. The van der Waals surface area contributed by atoms with Crippen LogP contribution < -0.4 is 10.7 Å². The van der Waals surface area contributed by atoms with E-state index in [-0.39, 0.29) is 16.7 Å². The summed E-state index contributed by atoms with van der Waals surface area (Å²) in [5, 5.41) is 7.11. The molecule has 4 amide bonds. The molecule has 4 aliphatic rings. The molecule has 32 heavy (non-hydrogen) atoms. The standard InChI is InChI=1S/C23H34N4O5/c1-14-5-9-23(10-6-14)19(30)27(20(31)24-23)12-18(29)32-13-17(28)26-25-16-11-15-7-8-22(16,4)21(15,2)3/h14-15H,5-13H2,1-4H3,(H,24,31)(H,26,28)/b25-16+. The van der Waals surface area contributed by atoms with Gasteiger partial charge < -0.3 is 10.1 Å². The van der Waals surface area contributed by atoms with Crippen LogP contribution in [0.1, 0.15) is 72.6 Å². The lowest BCUT2D eigenvalue weighted by molar-refractivity contribution is -0.151. The zero-order valence-corrected chi connectivity index (χ0v) is 19.5. The van der Waals surface area contributed by atoms with Crippen molar-refractivity contribution in [1.29, 1.82) is 0 Å². The van der Waals surface area contributed by atoms with Crippen molar-refractivity contribution in [3.05, 3.63) is 0 Å². The fraction of sp³-hybridized carbons (Fsp3) is 0.783. The van der Waals surface area contributed by atoms with Gasteiger partial charge in [0.1, 0.15) is 12.1 Å². The first-order chi connectivity index (χ1) is 15.0. The van der Waals surface area contributed by atoms with Crippen LogP contribution in [0.25, 0.3) is 0 Å². The zero-order chi connectivity index (χ0) is 23.3. The van der Waals surface area contributed by atoms with Crippen LogP contribution in [0.3, 0.4) is 0 Å². The maximum atomic E-state index is 12.8. The Morgan fingerprint density at radius 3 is 2.44 bits per heavy atom. The van der Waals surface area contributed by atoms with E-state index in [1.807, 2.05) is 0 Å². The zero-order valence-electron chi connectivity index (χ0n) is 19.5. The Morgan fingerprint density at radius 2 is 1.84 bits per heavy atom. The van der Waals surface area contributed by atoms with Crippen molar-refractivity contribution in [2.75, 3.05) is 13.2 Å². The van der Waals surface area contributed by atoms with E-state index < -0.39 is 36.6 Å². The van der Waals surface area contributed by atoms with Crippen LogP contribution in [0.2, 0.25) is 0 Å². The van der Waals surface area contributed by atoms with Crippen molar-refractivity contribution in [3.63, 3.8) is 0 Å². The molecule has 3 aliphatic carbocycles. The van der Waals surface area contributed by atoms with Gasteiger partial charge in [0.2, 0.25) is 0 Å². The van der Waals surface area contributed by atoms with Crippen molar-refractivity contribution in [2.24, 2.45) is 27.8 Å². The monoisotopic (exact) mass is 446 g/mol. The largest absolute Gasteiger partial charge is 0.454 e. The number of nitrogens with one attached hydrogen (secondary N) is 2. The van der Waals surface area contributed by atoms with Gasteiger partial charge >= 0.3 is 12.0 Å². The lowest BCUT2D eigenvalue weighted by atomic mass is 9.70. The number of hydrazone groups is 1. The highest BCUT2D eigenvalue weighted by molar-refractivity contribution is 6.08. The molecule has 0 radical (unpaired) electrons. The lowest BCUT2D eigenvalue weighted by Gasteiger charge is -2.34. The van der Waals surface area contributed by atoms with E-state index in [4.69, 9.17) is 4.74 Å². The average Bonchev–Trinajstić information content (AvgIpc) is 3.19. The minimum Gasteiger partial charge on any atom is -0.454 e. The highest BCUT2D eigenvalue weighted by atomic mass is 16.5. The minimum atomic E-state index is -0.901. The molecule has 2 bridgehead atoms. The van der Waals surface area contributed by atoms with Gasteiger partial charge in [-0.1, -0.05) is 27.7 Å². The van der Waals surface area contributed by atoms with Crippen LogP contribution in [0.4, 0.5) is 4.79 Å². The molecule has 1 aliphatic heterocycles. The fourth-order valence-electron chi connectivity index (χ4n) is 5.99. The predicted molar refractivity (Wildman–Crippen MR) is 116 cm³/mol. The number of hydrogen-bond donors (Lipinski definition) is 2. The van der Waals surface area contributed by atoms with E-state index in [1.54, 1.807) is 0 Å². The summed E-state index contributed by atoms with van der Waals surface area (Å²) in [6, 6.07) is -0.579. The third-order valence-electron chi connectivity index (χ3n) is 8.85. The van der Waals surface area contributed by atoms with E-state index in [9.17, 15) is 19.2 Å². The molecular weight excluding hydrogens is 412 g/mol. The Kier molecular flexibility index (Phi) is 5.57. The van der Waals surface area contributed by atoms with E-state index in [2.05, 4.69) is 43.5 Å². The van der Waals surface area contributed by atoms with Crippen molar-refractivity contribution < 1.29 is 23.9 Å². The van der Waals surface area contributed by atoms with Crippen LogP contribution in [0.5, 0.6) is 0 Å². The second-order valence-corrected chi connectivity index (χ2v) is 10.8. The molecule has 2 atom stereocenters. The molecule has 3 saturated carbocycles. The first-order valence-electron chi connectivity index (χ1n) is 11.6. The first-order valence-corrected chi connectivity index (χ1v) is 11.6. The molecule has 1 saturated heterocycles. The summed E-state index contributed by atoms with van der Waals surface area (Å²) in [6.07, 6.45) is 5.95. The molecule has 2 N–H and O–H groups in total. The summed E-state index contributed by atoms with van der Waals surface area (Å²) < 4.78 is 5.00. The molecular formula is C23H34N4O5. The van der Waals surface area contributed by atoms with Gasteiger partial charge in [-0.3, -0.25) is 19.3 Å². The maximum absolute atomic E-state index is 12.8. The van der Waals surface area contributed by atoms with Crippen LogP contribution in [-0.4, -0.2) is 53.1 Å². The number of fused-ring (bicyclic) bond motifs is 2. The van der Waals surface area contributed by atoms with Gasteiger partial charge in [0.15, 0.2) is 6.61 Å². The first kappa shape index (κ1) is 22.7. The lowest BCUT2D eigenvalue weighted by Crippen LogP contribution is -2.49. The van der Waals surface area contributed by atoms with Gasteiger partial charge in [0.05, 0.1) is 0 Å². The number of ether oxygens (including phenoxy) is 1. The smallest absolute Gasteiger partial charge is 0.326 e. The van der Waals surface area contributed by atoms with Crippen LogP contribution >= 0.6 is 0 Å². The summed E-state index contributed by atoms with van der Waals surface area (Å²) in [5.41, 5.74) is 2.71. The molecule has 2 unspecified atom stereocenters. The number of esters is 1. The second kappa shape index (κ2) is 7.85. The Labute approximate surface area is 188 Å². The molecule has 9 nitrogen and oxygen atoms in total. The number of imide groups is 1. The summed E-state index contributed by atoms with van der Waals surface area (Å²) in [5.74, 6) is -0.634. The summed E-state index contributed by atoms with van der Waals surface area (Å²) in [4.78, 5) is 50.4. The van der Waals surface area contributed by atoms with E-state index in [0.29, 0.717) is 24.7 Å². The molecule has 1 heterocycles. The van der Waals surface area contributed by atoms with Crippen molar-refractivity contribution in [1.82, 2.24) is 15.6 Å². The summed E-state index contributed by atoms with van der Waals surface area (Å²) >= 11 is 0. The molecule has 0 aromatic heterocycles. The summed E-state index contributed by atoms with van der Waals surface area (Å²) in [7, 11) is 0. The Hall–Kier alpha value is -2.45.